The van der Waals surface area contributed by atoms with E-state index < -0.39 is 0 Å². The first-order valence-corrected chi connectivity index (χ1v) is 6.84. The van der Waals surface area contributed by atoms with Crippen LogP contribution in [-0.2, 0) is 17.7 Å². The van der Waals surface area contributed by atoms with Gasteiger partial charge >= 0.3 is 5.97 Å². The molecule has 1 aliphatic rings. The second kappa shape index (κ2) is 5.44. The Morgan fingerprint density at radius 2 is 2.19 bits per heavy atom. The minimum absolute atomic E-state index is 0.364. The fourth-order valence-electron chi connectivity index (χ4n) is 2.68. The number of hydrogen-bond donors (Lipinski definition) is 1. The summed E-state index contributed by atoms with van der Waals surface area (Å²) in [5, 5.41) is 0. The number of nitrogens with zero attached hydrogens (tertiary/aromatic N) is 2. The minimum atomic E-state index is -0.364. The van der Waals surface area contributed by atoms with E-state index in [2.05, 4.69) is 16.0 Å². The van der Waals surface area contributed by atoms with Crippen LogP contribution in [-0.4, -0.2) is 24.6 Å². The maximum Gasteiger partial charge on any atom is 0.341 e. The molecule has 0 fully saturated rings. The molecule has 0 saturated carbocycles. The molecule has 108 valence electrons. The summed E-state index contributed by atoms with van der Waals surface area (Å²) in [4.78, 5) is 18.3. The van der Waals surface area contributed by atoms with Crippen LogP contribution in [0.5, 0.6) is 0 Å². The predicted molar refractivity (Wildman–Crippen MR) is 81.2 cm³/mol. The Hall–Kier alpha value is -2.56. The zero-order chi connectivity index (χ0) is 14.8. The highest BCUT2D eigenvalue weighted by molar-refractivity contribution is 5.94. The van der Waals surface area contributed by atoms with Crippen molar-refractivity contribution in [3.05, 3.63) is 53.2 Å². The molecule has 5 heteroatoms. The fraction of sp³-hybridized carbons (Fsp3) is 0.250. The van der Waals surface area contributed by atoms with Crippen LogP contribution in [0.15, 0.2) is 36.5 Å². The zero-order valence-corrected chi connectivity index (χ0v) is 11.9. The van der Waals surface area contributed by atoms with Crippen LogP contribution in [0.1, 0.15) is 21.5 Å². The first-order chi connectivity index (χ1) is 10.2. The number of pyridine rings is 1. The van der Waals surface area contributed by atoms with Gasteiger partial charge < -0.3 is 15.4 Å². The van der Waals surface area contributed by atoms with E-state index in [0.717, 1.165) is 18.7 Å². The van der Waals surface area contributed by atoms with Crippen molar-refractivity contribution in [1.29, 1.82) is 0 Å². The van der Waals surface area contributed by atoms with Crippen molar-refractivity contribution in [2.45, 2.75) is 13.0 Å². The highest BCUT2D eigenvalue weighted by Crippen LogP contribution is 2.27. The van der Waals surface area contributed by atoms with Crippen LogP contribution in [0.25, 0.3) is 0 Å². The van der Waals surface area contributed by atoms with Crippen molar-refractivity contribution in [3.63, 3.8) is 0 Å². The molecule has 0 spiro atoms. The molecule has 0 bridgehead atoms. The minimum Gasteiger partial charge on any atom is -0.465 e. The smallest absolute Gasteiger partial charge is 0.341 e. The number of ether oxygens (including phenoxy) is 1. The standard InChI is InChI=1S/C16H17N3O2/c1-21-16(20)14-3-2-7-18-15(14)19-8-6-11-4-5-13(17)9-12(11)10-19/h2-5,7,9H,6,8,10,17H2,1H3. The lowest BCUT2D eigenvalue weighted by atomic mass is 9.99. The summed E-state index contributed by atoms with van der Waals surface area (Å²) in [7, 11) is 1.38. The number of nitrogen functional groups attached to an aromatic ring is 1. The van der Waals surface area contributed by atoms with Crippen LogP contribution < -0.4 is 10.6 Å². The lowest BCUT2D eigenvalue weighted by molar-refractivity contribution is 0.0601. The highest BCUT2D eigenvalue weighted by atomic mass is 16.5. The molecule has 2 N–H and O–H groups in total. The summed E-state index contributed by atoms with van der Waals surface area (Å²) >= 11 is 0. The first kappa shape index (κ1) is 13.4. The molecule has 21 heavy (non-hydrogen) atoms. The molecule has 0 amide bonds. The van der Waals surface area contributed by atoms with E-state index in [-0.39, 0.29) is 5.97 Å². The third-order valence-electron chi connectivity index (χ3n) is 3.73. The summed E-state index contributed by atoms with van der Waals surface area (Å²) in [6, 6.07) is 9.47. The van der Waals surface area contributed by atoms with E-state index in [4.69, 9.17) is 10.5 Å². The van der Waals surface area contributed by atoms with E-state index in [1.807, 2.05) is 12.1 Å². The first-order valence-electron chi connectivity index (χ1n) is 6.84. The number of methoxy groups -OCH3 is 1. The molecule has 0 atom stereocenters. The van der Waals surface area contributed by atoms with Crippen LogP contribution in [0.3, 0.4) is 0 Å². The summed E-state index contributed by atoms with van der Waals surface area (Å²) in [5.41, 5.74) is 9.59. The Labute approximate surface area is 123 Å². The van der Waals surface area contributed by atoms with Crippen molar-refractivity contribution in [2.24, 2.45) is 0 Å². The monoisotopic (exact) mass is 283 g/mol. The molecular formula is C16H17N3O2. The average molecular weight is 283 g/mol. The summed E-state index contributed by atoms with van der Waals surface area (Å²) < 4.78 is 4.83. The lowest BCUT2D eigenvalue weighted by Crippen LogP contribution is -2.32. The third kappa shape index (κ3) is 2.54. The summed E-state index contributed by atoms with van der Waals surface area (Å²) in [5.74, 6) is 0.300. The van der Waals surface area contributed by atoms with Gasteiger partial charge in [0.2, 0.25) is 0 Å². The highest BCUT2D eigenvalue weighted by Gasteiger charge is 2.22. The van der Waals surface area contributed by atoms with Crippen molar-refractivity contribution in [1.82, 2.24) is 4.98 Å². The number of aromatic nitrogens is 1. The SMILES string of the molecule is COC(=O)c1cccnc1N1CCc2ccc(N)cc2C1. The molecule has 5 nitrogen and oxygen atoms in total. The number of esters is 1. The maximum atomic E-state index is 11.9. The number of hydrogen-bond acceptors (Lipinski definition) is 5. The Kier molecular flexibility index (Phi) is 3.48. The number of carbonyl (C=O) groups is 1. The molecule has 1 aromatic heterocycles. The zero-order valence-electron chi connectivity index (χ0n) is 11.9. The van der Waals surface area contributed by atoms with Crippen LogP contribution >= 0.6 is 0 Å². The van der Waals surface area contributed by atoms with E-state index in [1.54, 1.807) is 18.3 Å². The number of fused-ring (bicyclic) bond motifs is 1. The number of nitrogens with two attached hydrogens (primary N) is 1. The van der Waals surface area contributed by atoms with Crippen molar-refractivity contribution in [3.8, 4) is 0 Å². The predicted octanol–water partition coefficient (Wildman–Crippen LogP) is 2.01. The molecule has 2 heterocycles. The van der Waals surface area contributed by atoms with Gasteiger partial charge in [-0.05, 0) is 41.8 Å². The molecule has 0 radical (unpaired) electrons. The average Bonchev–Trinajstić information content (AvgIpc) is 2.53. The Morgan fingerprint density at radius 3 is 3.00 bits per heavy atom. The largest absolute Gasteiger partial charge is 0.465 e. The van der Waals surface area contributed by atoms with Gasteiger partial charge in [0.25, 0.3) is 0 Å². The number of carbonyl (C=O) groups excluding carboxylic acids is 1. The molecular weight excluding hydrogens is 266 g/mol. The molecule has 1 aromatic carbocycles. The lowest BCUT2D eigenvalue weighted by Gasteiger charge is -2.30. The van der Waals surface area contributed by atoms with Gasteiger partial charge in [-0.3, -0.25) is 0 Å². The van der Waals surface area contributed by atoms with Crippen molar-refractivity contribution >= 4 is 17.5 Å². The Bertz CT molecular complexity index is 685. The van der Waals surface area contributed by atoms with E-state index in [1.165, 1.54) is 18.2 Å². The van der Waals surface area contributed by atoms with Crippen LogP contribution in [0.4, 0.5) is 11.5 Å². The summed E-state index contributed by atoms with van der Waals surface area (Å²) in [6.07, 6.45) is 2.60. The van der Waals surface area contributed by atoms with Crippen molar-refractivity contribution < 1.29 is 9.53 Å². The third-order valence-corrected chi connectivity index (χ3v) is 3.73. The molecule has 0 saturated heterocycles. The molecule has 0 aliphatic carbocycles. The van der Waals surface area contributed by atoms with E-state index in [9.17, 15) is 4.79 Å². The molecule has 1 aliphatic heterocycles. The molecule has 0 unspecified atom stereocenters. The van der Waals surface area contributed by atoms with Gasteiger partial charge in [0.15, 0.2) is 0 Å². The molecule has 2 aromatic rings. The van der Waals surface area contributed by atoms with Gasteiger partial charge in [0.1, 0.15) is 11.4 Å². The normalized spacial score (nSPS) is 13.7. The fourth-order valence-corrected chi connectivity index (χ4v) is 2.68. The van der Waals surface area contributed by atoms with Crippen LogP contribution in [0, 0.1) is 0 Å². The number of rotatable bonds is 2. The maximum absolute atomic E-state index is 11.9. The summed E-state index contributed by atoms with van der Waals surface area (Å²) in [6.45, 7) is 1.51. The molecule has 3 rings (SSSR count). The van der Waals surface area contributed by atoms with E-state index >= 15 is 0 Å². The van der Waals surface area contributed by atoms with Gasteiger partial charge in [0, 0.05) is 25.0 Å². The Morgan fingerprint density at radius 1 is 1.33 bits per heavy atom. The second-order valence-corrected chi connectivity index (χ2v) is 5.07. The van der Waals surface area contributed by atoms with Crippen LogP contribution in [0.2, 0.25) is 0 Å². The second-order valence-electron chi connectivity index (χ2n) is 5.07. The Balaban J connectivity index is 1.95. The van der Waals surface area contributed by atoms with Gasteiger partial charge in [-0.2, -0.15) is 0 Å². The topological polar surface area (TPSA) is 68.5 Å². The quantitative estimate of drug-likeness (QED) is 0.674. The number of benzene rings is 1. The van der Waals surface area contributed by atoms with Gasteiger partial charge in [0.05, 0.1) is 7.11 Å². The van der Waals surface area contributed by atoms with E-state index in [0.29, 0.717) is 17.9 Å². The van der Waals surface area contributed by atoms with Crippen molar-refractivity contribution in [2.75, 3.05) is 24.3 Å². The number of anilines is 2. The van der Waals surface area contributed by atoms with Gasteiger partial charge in [-0.25, -0.2) is 9.78 Å². The van der Waals surface area contributed by atoms with Gasteiger partial charge in [-0.15, -0.1) is 0 Å². The van der Waals surface area contributed by atoms with Gasteiger partial charge in [-0.1, -0.05) is 6.07 Å².